The number of sulfonamides is 1. The van der Waals surface area contributed by atoms with Crippen LogP contribution in [0.1, 0.15) is 76.6 Å². The van der Waals surface area contributed by atoms with E-state index in [4.69, 9.17) is 38.1 Å². The van der Waals surface area contributed by atoms with Crippen molar-refractivity contribution in [1.29, 1.82) is 0 Å². The molecular formula is C73H84ClN9O14S3. The van der Waals surface area contributed by atoms with Gasteiger partial charge in [-0.25, -0.2) is 49.2 Å². The van der Waals surface area contributed by atoms with Crippen LogP contribution in [-0.4, -0.2) is 182 Å². The van der Waals surface area contributed by atoms with Gasteiger partial charge in [0.05, 0.1) is 41.1 Å². The van der Waals surface area contributed by atoms with Gasteiger partial charge in [-0.2, -0.15) is 0 Å². The fraction of sp³-hybridized carbons (Fsp3) is 0.342. The predicted molar refractivity (Wildman–Crippen MR) is 386 cm³/mol. The molecule has 100 heavy (non-hydrogen) atoms. The van der Waals surface area contributed by atoms with Gasteiger partial charge < -0.3 is 40.0 Å². The molecule has 3 fully saturated rings. The van der Waals surface area contributed by atoms with Crippen molar-refractivity contribution in [3.05, 3.63) is 203 Å². The fourth-order valence-electron chi connectivity index (χ4n) is 11.9. The second-order valence-corrected chi connectivity index (χ2v) is 29.6. The molecule has 27 heteroatoms. The zero-order chi connectivity index (χ0) is 72.2. The summed E-state index contributed by atoms with van der Waals surface area (Å²) in [5, 5.41) is 6.70. The van der Waals surface area contributed by atoms with Crippen molar-refractivity contribution in [2.45, 2.75) is 81.3 Å². The van der Waals surface area contributed by atoms with Gasteiger partial charge in [0, 0.05) is 106 Å². The first-order valence-corrected chi connectivity index (χ1v) is 38.0. The lowest BCUT2D eigenvalue weighted by Gasteiger charge is -2.33. The average Bonchev–Trinajstić information content (AvgIpc) is 0.789. The van der Waals surface area contributed by atoms with Crippen LogP contribution < -0.4 is 15.8 Å². The summed E-state index contributed by atoms with van der Waals surface area (Å²) >= 11 is 5.27. The van der Waals surface area contributed by atoms with E-state index in [0.717, 1.165) is 33.0 Å². The van der Waals surface area contributed by atoms with E-state index in [2.05, 4.69) is 14.9 Å². The molecule has 0 aromatic heterocycles. The number of rotatable bonds is 17. The Bertz CT molecular complexity index is 4630. The summed E-state index contributed by atoms with van der Waals surface area (Å²) in [5.74, 6) is -0.372. The molecule has 3 aliphatic rings. The van der Waals surface area contributed by atoms with Crippen LogP contribution in [0.15, 0.2) is 172 Å². The number of hydrogen-bond donors (Lipinski definition) is 3. The SMILES string of the molecule is CCOC(=O)N1CCN(CS(=O)(=O)c2ccc(CN)c3ccccc23)CC1.CCOC(=O)N1CCN(CS(=O)(=O)c2ccc(CNC(=O)c3ccccc3C)c3ccccc23)CC1.Cc1ccccc1C(=O)Cl.[C-]#[N+]c1ccc(S(=O)(=O)NC2CCN(C(=O)OCC)CC2)c2ccccc12. The van der Waals surface area contributed by atoms with Gasteiger partial charge >= 0.3 is 18.3 Å². The van der Waals surface area contributed by atoms with Crippen molar-refractivity contribution < 1.29 is 63.4 Å². The number of halogens is 1. The Balaban J connectivity index is 0.000000180. The van der Waals surface area contributed by atoms with E-state index in [0.29, 0.717) is 148 Å². The number of carbonyl (C=O) groups excluding carboxylic acids is 5. The van der Waals surface area contributed by atoms with Gasteiger partial charge in [0.1, 0.15) is 11.8 Å². The highest BCUT2D eigenvalue weighted by molar-refractivity contribution is 7.92. The van der Waals surface area contributed by atoms with Crippen molar-refractivity contribution >= 4 is 109 Å². The average molecular weight is 1440 g/mol. The van der Waals surface area contributed by atoms with E-state index in [1.165, 1.54) is 12.1 Å². The van der Waals surface area contributed by atoms with Crippen molar-refractivity contribution in [1.82, 2.24) is 34.5 Å². The van der Waals surface area contributed by atoms with E-state index in [1.54, 1.807) is 108 Å². The Morgan fingerprint density at radius 3 is 1.29 bits per heavy atom. The number of fused-ring (bicyclic) bond motifs is 3. The minimum absolute atomic E-state index is 0.0738. The molecule has 8 aromatic rings. The Kier molecular flexibility index (Phi) is 27.5. The number of nitrogens with zero attached hydrogens (tertiary/aromatic N) is 6. The monoisotopic (exact) mass is 1440 g/mol. The van der Waals surface area contributed by atoms with Crippen molar-refractivity contribution in [3.8, 4) is 0 Å². The van der Waals surface area contributed by atoms with E-state index in [-0.39, 0.29) is 58.3 Å². The zero-order valence-electron chi connectivity index (χ0n) is 56.6. The Morgan fingerprint density at radius 1 is 0.490 bits per heavy atom. The second-order valence-electron chi connectivity index (χ2n) is 23.7. The number of hydrogen-bond acceptors (Lipinski definition) is 17. The lowest BCUT2D eigenvalue weighted by molar-refractivity contribution is 0.0832. The maximum Gasteiger partial charge on any atom is 0.409 e. The third-order valence-electron chi connectivity index (χ3n) is 17.1. The van der Waals surface area contributed by atoms with E-state index in [1.807, 2.05) is 96.4 Å². The molecule has 0 saturated carbocycles. The summed E-state index contributed by atoms with van der Waals surface area (Å²) in [6, 6.07) is 46.0. The Labute approximate surface area is 589 Å². The van der Waals surface area contributed by atoms with E-state index >= 15 is 0 Å². The number of carbonyl (C=O) groups is 5. The fourth-order valence-corrected chi connectivity index (χ4v) is 16.9. The molecule has 0 bridgehead atoms. The standard InChI is InChI=1S/C27H31N3O5S.C19H21N3O4S.C19H25N3O4S.C8H7ClO/c1-3-35-27(32)30-16-14-29(15-17-30)19-36(33,34)25-13-12-21(23-10-6-7-11-24(23)25)18-28-26(31)22-9-5-4-8-20(22)2;1-3-26-19(23)22-12-10-14(11-13-22)21-27(24,25)18-9-8-17(20-2)15-6-4-5-7-16(15)18;1-2-26-19(23)22-11-9-21(10-12-22)14-27(24,25)18-8-7-15(13-20)16-5-3-4-6-17(16)18;1-6-4-2-3-5-7(6)8(9)10/h4-13H,3,14-19H2,1-2H3,(H,28,31);4-9,14,21H,3,10-13H2,1H3;3-8H,2,9-14,20H2,1H3;2-5H,1H3. The molecule has 0 atom stereocenters. The summed E-state index contributed by atoms with van der Waals surface area (Å²) < 4.78 is 96.6. The number of aryl methyl sites for hydroxylation is 2. The first-order chi connectivity index (χ1) is 47.9. The molecule has 0 radical (unpaired) electrons. The van der Waals surface area contributed by atoms with E-state index < -0.39 is 34.9 Å². The van der Waals surface area contributed by atoms with Crippen LogP contribution >= 0.6 is 11.6 Å². The summed E-state index contributed by atoms with van der Waals surface area (Å²) in [6.45, 7) is 22.5. The molecular weight excluding hydrogens is 1360 g/mol. The molecule has 0 unspecified atom stereocenters. The number of ether oxygens (including phenoxy) is 3. The summed E-state index contributed by atoms with van der Waals surface area (Å²) in [4.78, 5) is 71.5. The molecule has 3 heterocycles. The molecule has 4 amide bonds. The minimum Gasteiger partial charge on any atom is -0.450 e. The highest BCUT2D eigenvalue weighted by atomic mass is 35.5. The van der Waals surface area contributed by atoms with Gasteiger partial charge in [0.15, 0.2) is 25.4 Å². The molecule has 11 rings (SSSR count). The molecule has 8 aromatic carbocycles. The summed E-state index contributed by atoms with van der Waals surface area (Å²) in [5.41, 5.74) is 11.0. The molecule has 3 aliphatic heterocycles. The van der Waals surface area contributed by atoms with Crippen molar-refractivity contribution in [3.63, 3.8) is 0 Å². The second kappa shape index (κ2) is 35.8. The maximum absolute atomic E-state index is 13.4. The lowest BCUT2D eigenvalue weighted by atomic mass is 10.0. The van der Waals surface area contributed by atoms with Gasteiger partial charge in [-0.1, -0.05) is 133 Å². The third-order valence-corrected chi connectivity index (χ3v) is 22.4. The van der Waals surface area contributed by atoms with Crippen molar-refractivity contribution in [2.24, 2.45) is 5.73 Å². The lowest BCUT2D eigenvalue weighted by Crippen LogP contribution is -2.50. The number of piperidine rings is 1. The summed E-state index contributed by atoms with van der Waals surface area (Å²) in [6.07, 6.45) is -0.0225. The van der Waals surface area contributed by atoms with Crippen LogP contribution in [0.2, 0.25) is 0 Å². The number of benzene rings is 8. The van der Waals surface area contributed by atoms with Crippen LogP contribution in [0.3, 0.4) is 0 Å². The highest BCUT2D eigenvalue weighted by Gasteiger charge is 2.31. The van der Waals surface area contributed by atoms with Crippen LogP contribution in [0, 0.1) is 20.4 Å². The predicted octanol–water partition coefficient (Wildman–Crippen LogP) is 11.1. The van der Waals surface area contributed by atoms with Gasteiger partial charge in [-0.15, -0.1) is 0 Å². The molecule has 0 spiro atoms. The minimum atomic E-state index is -3.75. The largest absolute Gasteiger partial charge is 0.450 e. The molecule has 3 saturated heterocycles. The number of nitrogens with one attached hydrogen (secondary N) is 2. The van der Waals surface area contributed by atoms with Crippen LogP contribution in [0.5, 0.6) is 0 Å². The Hall–Kier alpha value is -9.04. The molecule has 23 nitrogen and oxygen atoms in total. The zero-order valence-corrected chi connectivity index (χ0v) is 59.8. The Morgan fingerprint density at radius 2 is 0.870 bits per heavy atom. The van der Waals surface area contributed by atoms with Gasteiger partial charge in [0.25, 0.3) is 11.1 Å². The molecule has 530 valence electrons. The van der Waals surface area contributed by atoms with Crippen LogP contribution in [-0.2, 0) is 57.0 Å². The highest BCUT2D eigenvalue weighted by Crippen LogP contribution is 2.33. The van der Waals surface area contributed by atoms with Crippen molar-refractivity contribution in [2.75, 3.05) is 97.0 Å². The maximum atomic E-state index is 13.4. The van der Waals surface area contributed by atoms with Gasteiger partial charge in [-0.3, -0.25) is 19.4 Å². The molecule has 4 N–H and O–H groups in total. The third kappa shape index (κ3) is 19.9. The number of likely N-dealkylation sites (tertiary alicyclic amines) is 1. The summed E-state index contributed by atoms with van der Waals surface area (Å²) in [7, 11) is -10.9. The smallest absolute Gasteiger partial charge is 0.409 e. The quantitative estimate of drug-likeness (QED) is 0.0434. The number of amides is 4. The van der Waals surface area contributed by atoms with E-state index in [9.17, 15) is 49.2 Å². The van der Waals surface area contributed by atoms with Crippen LogP contribution in [0.4, 0.5) is 20.1 Å². The molecule has 0 aliphatic carbocycles. The first kappa shape index (κ1) is 76.7. The number of nitrogens with two attached hydrogens (primary N) is 1. The first-order valence-electron chi connectivity index (χ1n) is 32.8. The topological polar surface area (TPSA) is 286 Å². The van der Waals surface area contributed by atoms with Gasteiger partial charge in [-0.05, 0) is 127 Å². The number of piperazine rings is 2. The van der Waals surface area contributed by atoms with Gasteiger partial charge in [0.2, 0.25) is 10.0 Å². The normalized spacial score (nSPS) is 14.6. The number of sulfone groups is 2. The van der Waals surface area contributed by atoms with Crippen LogP contribution in [0.25, 0.3) is 37.2 Å².